The molecule has 3 aromatic carbocycles. The second kappa shape index (κ2) is 10.7. The van der Waals surface area contributed by atoms with E-state index in [1.54, 1.807) is 35.2 Å². The maximum atomic E-state index is 12.7. The zero-order valence-electron chi connectivity index (χ0n) is 17.5. The van der Waals surface area contributed by atoms with Gasteiger partial charge in [-0.3, -0.25) is 9.69 Å². The third-order valence-electron chi connectivity index (χ3n) is 4.98. The van der Waals surface area contributed by atoms with Crippen molar-refractivity contribution in [1.29, 1.82) is 0 Å². The van der Waals surface area contributed by atoms with Gasteiger partial charge in [0.1, 0.15) is 12.0 Å². The molecule has 0 aliphatic carbocycles. The zero-order chi connectivity index (χ0) is 23.5. The van der Waals surface area contributed by atoms with Crippen molar-refractivity contribution in [3.63, 3.8) is 0 Å². The van der Waals surface area contributed by atoms with Crippen molar-refractivity contribution in [1.82, 2.24) is 0 Å². The Labute approximate surface area is 216 Å². The van der Waals surface area contributed by atoms with Crippen LogP contribution in [0.5, 0.6) is 11.5 Å². The van der Waals surface area contributed by atoms with E-state index in [4.69, 9.17) is 55.9 Å². The number of anilines is 1. The van der Waals surface area contributed by atoms with E-state index >= 15 is 0 Å². The Kier molecular flexibility index (Phi) is 7.87. The van der Waals surface area contributed by atoms with Gasteiger partial charge in [0, 0.05) is 26.3 Å². The van der Waals surface area contributed by atoms with Gasteiger partial charge >= 0.3 is 0 Å². The highest BCUT2D eigenvalue weighted by molar-refractivity contribution is 8.00. The number of ether oxygens (including phenoxy) is 2. The number of halogens is 4. The highest BCUT2D eigenvalue weighted by atomic mass is 35.5. The summed E-state index contributed by atoms with van der Waals surface area (Å²) in [6.07, 6.45) is 0. The molecule has 172 valence electrons. The minimum Gasteiger partial charge on any atom is -0.490 e. The average Bonchev–Trinajstić information content (AvgIpc) is 3.16. The molecule has 0 N–H and O–H groups in total. The molecule has 1 atom stereocenters. The molecule has 9 heteroatoms. The van der Waals surface area contributed by atoms with Gasteiger partial charge in [-0.25, -0.2) is 0 Å². The summed E-state index contributed by atoms with van der Waals surface area (Å²) < 4.78 is 11.8. The molecule has 1 heterocycles. The summed E-state index contributed by atoms with van der Waals surface area (Å²) in [4.78, 5) is 14.4. The molecule has 0 spiro atoms. The molecule has 1 fully saturated rings. The first kappa shape index (κ1) is 24.4. The van der Waals surface area contributed by atoms with Crippen molar-refractivity contribution in [2.24, 2.45) is 0 Å². The van der Waals surface area contributed by atoms with E-state index < -0.39 is 0 Å². The lowest BCUT2D eigenvalue weighted by molar-refractivity contribution is -0.115. The van der Waals surface area contributed by atoms with Gasteiger partial charge in [0.15, 0.2) is 11.5 Å². The van der Waals surface area contributed by atoms with Crippen molar-refractivity contribution in [2.45, 2.75) is 18.9 Å². The molecule has 0 radical (unpaired) electrons. The number of hydrogen-bond acceptors (Lipinski definition) is 4. The molecule has 0 bridgehead atoms. The molecule has 1 saturated heterocycles. The van der Waals surface area contributed by atoms with E-state index in [1.165, 1.54) is 11.8 Å². The number of amides is 1. The lowest BCUT2D eigenvalue weighted by Crippen LogP contribution is -2.27. The van der Waals surface area contributed by atoms with Crippen molar-refractivity contribution in [3.8, 4) is 11.5 Å². The number of carbonyl (C=O) groups is 1. The van der Waals surface area contributed by atoms with Gasteiger partial charge in [-0.2, -0.15) is 0 Å². The smallest absolute Gasteiger partial charge is 0.238 e. The van der Waals surface area contributed by atoms with Gasteiger partial charge in [-0.1, -0.05) is 52.5 Å². The average molecular weight is 543 g/mol. The highest BCUT2D eigenvalue weighted by Crippen LogP contribution is 2.46. The minimum atomic E-state index is -0.254. The lowest BCUT2D eigenvalue weighted by Gasteiger charge is -2.25. The molecular formula is C24H19Cl4NO3S. The molecule has 1 aliphatic rings. The first-order valence-electron chi connectivity index (χ1n) is 10.1. The van der Waals surface area contributed by atoms with Crippen molar-refractivity contribution >= 4 is 69.8 Å². The fourth-order valence-electron chi connectivity index (χ4n) is 3.47. The van der Waals surface area contributed by atoms with Crippen LogP contribution in [0.4, 0.5) is 5.69 Å². The molecule has 3 aromatic rings. The number of nitrogens with zero attached hydrogens (tertiary/aromatic N) is 1. The van der Waals surface area contributed by atoms with Crippen molar-refractivity contribution < 1.29 is 14.3 Å². The number of carbonyl (C=O) groups excluding carboxylic acids is 1. The zero-order valence-corrected chi connectivity index (χ0v) is 21.3. The topological polar surface area (TPSA) is 38.8 Å². The molecule has 4 rings (SSSR count). The predicted molar refractivity (Wildman–Crippen MR) is 138 cm³/mol. The largest absolute Gasteiger partial charge is 0.490 e. The summed E-state index contributed by atoms with van der Waals surface area (Å²) in [5.41, 5.74) is 2.38. The first-order valence-corrected chi connectivity index (χ1v) is 12.7. The van der Waals surface area contributed by atoms with Crippen LogP contribution in [0.3, 0.4) is 0 Å². The SMILES string of the molecule is CCOc1cc([C@H]2SCC(=O)N2c2ccc(Cl)cc2)cc(Cl)c1OCc1ccc(Cl)cc1Cl. The monoisotopic (exact) mass is 541 g/mol. The van der Waals surface area contributed by atoms with Crippen LogP contribution < -0.4 is 14.4 Å². The Balaban J connectivity index is 1.64. The number of rotatable bonds is 7. The summed E-state index contributed by atoms with van der Waals surface area (Å²) in [6, 6.07) is 16.1. The van der Waals surface area contributed by atoms with Gasteiger partial charge in [0.05, 0.1) is 17.4 Å². The van der Waals surface area contributed by atoms with Crippen LogP contribution in [0.15, 0.2) is 54.6 Å². The second-order valence-corrected chi connectivity index (χ2v) is 9.95. The Morgan fingerprint density at radius 3 is 2.36 bits per heavy atom. The van der Waals surface area contributed by atoms with Gasteiger partial charge in [-0.05, 0) is 61.0 Å². The summed E-state index contributed by atoms with van der Waals surface area (Å²) in [7, 11) is 0. The van der Waals surface area contributed by atoms with Crippen molar-refractivity contribution in [2.75, 3.05) is 17.3 Å². The molecule has 0 saturated carbocycles. The maximum Gasteiger partial charge on any atom is 0.238 e. The van der Waals surface area contributed by atoms with Gasteiger partial charge in [0.25, 0.3) is 0 Å². The van der Waals surface area contributed by atoms with Crippen molar-refractivity contribution in [3.05, 3.63) is 85.8 Å². The molecule has 0 aromatic heterocycles. The van der Waals surface area contributed by atoms with Gasteiger partial charge in [-0.15, -0.1) is 11.8 Å². The van der Waals surface area contributed by atoms with Crippen LogP contribution in [0.2, 0.25) is 20.1 Å². The van der Waals surface area contributed by atoms with E-state index in [0.717, 1.165) is 16.8 Å². The Morgan fingerprint density at radius 1 is 0.939 bits per heavy atom. The first-order chi connectivity index (χ1) is 15.9. The molecule has 33 heavy (non-hydrogen) atoms. The quantitative estimate of drug-likeness (QED) is 0.302. The summed E-state index contributed by atoms with van der Waals surface area (Å²) in [6.45, 7) is 2.51. The minimum absolute atomic E-state index is 0.0131. The normalized spacial score (nSPS) is 15.7. The number of hydrogen-bond donors (Lipinski definition) is 0. The molecule has 1 amide bonds. The van der Waals surface area contributed by atoms with Crippen LogP contribution in [0.25, 0.3) is 0 Å². The molecule has 0 unspecified atom stereocenters. The summed E-state index contributed by atoms with van der Waals surface area (Å²) >= 11 is 26.4. The summed E-state index contributed by atoms with van der Waals surface area (Å²) in [5, 5.41) is 1.80. The lowest BCUT2D eigenvalue weighted by atomic mass is 10.1. The third-order valence-corrected chi connectivity index (χ3v) is 7.31. The van der Waals surface area contributed by atoms with Crippen LogP contribution in [-0.2, 0) is 11.4 Å². The van der Waals surface area contributed by atoms with E-state index in [-0.39, 0.29) is 17.9 Å². The van der Waals surface area contributed by atoms with E-state index in [2.05, 4.69) is 0 Å². The summed E-state index contributed by atoms with van der Waals surface area (Å²) in [5.74, 6) is 1.29. The standard InChI is InChI=1S/C24H19Cl4NO3S/c1-2-31-21-10-15(24-29(22(30)13-33-24)18-7-5-16(25)6-8-18)9-20(28)23(21)32-12-14-3-4-17(26)11-19(14)27/h3-11,24H,2,12-13H2,1H3/t24-/m1/s1. The highest BCUT2D eigenvalue weighted by Gasteiger charge is 2.35. The van der Waals surface area contributed by atoms with Gasteiger partial charge < -0.3 is 9.47 Å². The van der Waals surface area contributed by atoms with Crippen LogP contribution in [-0.4, -0.2) is 18.3 Å². The Hall–Kier alpha value is -1.76. The second-order valence-electron chi connectivity index (χ2n) is 7.19. The fraction of sp³-hybridized carbons (Fsp3) is 0.208. The van der Waals surface area contributed by atoms with E-state index in [1.807, 2.05) is 31.2 Å². The predicted octanol–water partition coefficient (Wildman–Crippen LogP) is 8.06. The van der Waals surface area contributed by atoms with E-state index in [0.29, 0.717) is 43.9 Å². The van der Waals surface area contributed by atoms with E-state index in [9.17, 15) is 4.79 Å². The third kappa shape index (κ3) is 5.50. The maximum absolute atomic E-state index is 12.7. The van der Waals surface area contributed by atoms with Gasteiger partial charge in [0.2, 0.25) is 5.91 Å². The Morgan fingerprint density at radius 2 is 1.67 bits per heavy atom. The van der Waals surface area contributed by atoms with Crippen LogP contribution in [0, 0.1) is 0 Å². The fourth-order valence-corrected chi connectivity index (χ4v) is 5.49. The molecule has 1 aliphatic heterocycles. The number of benzene rings is 3. The van der Waals surface area contributed by atoms with Crippen LogP contribution >= 0.6 is 58.2 Å². The number of thioether (sulfide) groups is 1. The molecular weight excluding hydrogens is 524 g/mol. The Bertz CT molecular complexity index is 1170. The molecule has 4 nitrogen and oxygen atoms in total. The van der Waals surface area contributed by atoms with Crippen LogP contribution in [0.1, 0.15) is 23.4 Å².